The summed E-state index contributed by atoms with van der Waals surface area (Å²) in [4.78, 5) is 14.2. The monoisotopic (exact) mass is 349 g/mol. The van der Waals surface area contributed by atoms with E-state index in [1.807, 2.05) is 31.2 Å². The molecule has 6 heteroatoms. The molecule has 0 aliphatic carbocycles. The van der Waals surface area contributed by atoms with Gasteiger partial charge in [0.15, 0.2) is 0 Å². The van der Waals surface area contributed by atoms with Gasteiger partial charge in [0.2, 0.25) is 0 Å². The topological polar surface area (TPSA) is 58.2 Å². The van der Waals surface area contributed by atoms with E-state index in [1.54, 1.807) is 11.0 Å². The number of carbonyl (C=O) groups is 1. The van der Waals surface area contributed by atoms with Crippen LogP contribution in [0.3, 0.4) is 0 Å². The lowest BCUT2D eigenvalue weighted by molar-refractivity contribution is -0.0126. The number of nitrogens with one attached hydrogen (secondary N) is 1. The van der Waals surface area contributed by atoms with Gasteiger partial charge in [-0.05, 0) is 25.1 Å². The SMILES string of the molecule is CC1CN(C(=O)c2cc(-c3ccc(Br)cc3)n[nH]2)CCO1. The largest absolute Gasteiger partial charge is 0.375 e. The predicted octanol–water partition coefficient (Wildman–Crippen LogP) is 2.70. The molecule has 1 aliphatic heterocycles. The van der Waals surface area contributed by atoms with Crippen molar-refractivity contribution in [3.8, 4) is 11.3 Å². The molecule has 1 fully saturated rings. The highest BCUT2D eigenvalue weighted by molar-refractivity contribution is 9.10. The predicted molar refractivity (Wildman–Crippen MR) is 83.0 cm³/mol. The van der Waals surface area contributed by atoms with Gasteiger partial charge >= 0.3 is 0 Å². The number of benzene rings is 1. The molecule has 2 aromatic rings. The average molecular weight is 350 g/mol. The molecular formula is C15H16BrN3O2. The number of carbonyl (C=O) groups excluding carboxylic acids is 1. The van der Waals surface area contributed by atoms with Crippen molar-refractivity contribution in [3.63, 3.8) is 0 Å². The number of ether oxygens (including phenoxy) is 1. The second-order valence-electron chi connectivity index (χ2n) is 5.11. The van der Waals surface area contributed by atoms with Gasteiger partial charge in [-0.25, -0.2) is 0 Å². The first kappa shape index (κ1) is 14.3. The number of nitrogens with zero attached hydrogens (tertiary/aromatic N) is 2. The first-order valence-electron chi connectivity index (χ1n) is 6.86. The van der Waals surface area contributed by atoms with Crippen LogP contribution < -0.4 is 0 Å². The van der Waals surface area contributed by atoms with Crippen molar-refractivity contribution in [3.05, 3.63) is 40.5 Å². The lowest BCUT2D eigenvalue weighted by Crippen LogP contribution is -2.44. The van der Waals surface area contributed by atoms with Gasteiger partial charge in [0.05, 0.1) is 18.4 Å². The Balaban J connectivity index is 1.78. The molecule has 1 saturated heterocycles. The van der Waals surface area contributed by atoms with Crippen LogP contribution in [0.2, 0.25) is 0 Å². The van der Waals surface area contributed by atoms with Crippen LogP contribution in [-0.4, -0.2) is 46.8 Å². The second-order valence-corrected chi connectivity index (χ2v) is 6.02. The maximum Gasteiger partial charge on any atom is 0.272 e. The summed E-state index contributed by atoms with van der Waals surface area (Å²) in [5.41, 5.74) is 2.26. The Labute approximate surface area is 131 Å². The fourth-order valence-corrected chi connectivity index (χ4v) is 2.64. The van der Waals surface area contributed by atoms with E-state index in [0.29, 0.717) is 25.4 Å². The molecule has 0 spiro atoms. The third kappa shape index (κ3) is 3.16. The van der Waals surface area contributed by atoms with Crippen molar-refractivity contribution >= 4 is 21.8 Å². The third-order valence-electron chi connectivity index (χ3n) is 3.48. The lowest BCUT2D eigenvalue weighted by Gasteiger charge is -2.30. The number of halogens is 1. The van der Waals surface area contributed by atoms with Crippen molar-refractivity contribution in [1.82, 2.24) is 15.1 Å². The molecule has 1 aromatic heterocycles. The van der Waals surface area contributed by atoms with E-state index in [2.05, 4.69) is 26.1 Å². The third-order valence-corrected chi connectivity index (χ3v) is 4.01. The first-order chi connectivity index (χ1) is 10.1. The van der Waals surface area contributed by atoms with Crippen LogP contribution in [0.25, 0.3) is 11.3 Å². The maximum atomic E-state index is 12.4. The molecule has 1 unspecified atom stereocenters. The Kier molecular flexibility index (Phi) is 4.07. The Hall–Kier alpha value is -1.66. The molecule has 2 heterocycles. The average Bonchev–Trinajstić information content (AvgIpc) is 2.97. The van der Waals surface area contributed by atoms with Gasteiger partial charge in [-0.1, -0.05) is 28.1 Å². The smallest absolute Gasteiger partial charge is 0.272 e. The minimum atomic E-state index is -0.0268. The number of aromatic nitrogens is 2. The normalized spacial score (nSPS) is 18.8. The molecule has 0 saturated carbocycles. The number of rotatable bonds is 2. The van der Waals surface area contributed by atoms with E-state index in [1.165, 1.54) is 0 Å². The summed E-state index contributed by atoms with van der Waals surface area (Å²) in [5, 5.41) is 7.07. The van der Waals surface area contributed by atoms with Gasteiger partial charge in [0.25, 0.3) is 5.91 Å². The molecule has 1 aliphatic rings. The summed E-state index contributed by atoms with van der Waals surface area (Å²) in [6.07, 6.45) is 0.0802. The molecule has 1 atom stereocenters. The number of hydrogen-bond acceptors (Lipinski definition) is 3. The molecule has 0 bridgehead atoms. The van der Waals surface area contributed by atoms with Crippen LogP contribution in [0, 0.1) is 0 Å². The number of morpholine rings is 1. The Morgan fingerprint density at radius 1 is 1.43 bits per heavy atom. The zero-order valence-corrected chi connectivity index (χ0v) is 13.3. The quantitative estimate of drug-likeness (QED) is 0.906. The molecule has 0 radical (unpaired) electrons. The van der Waals surface area contributed by atoms with Crippen molar-refractivity contribution in [2.45, 2.75) is 13.0 Å². The lowest BCUT2D eigenvalue weighted by atomic mass is 10.1. The van der Waals surface area contributed by atoms with Gasteiger partial charge in [-0.2, -0.15) is 5.10 Å². The number of aromatic amines is 1. The summed E-state index contributed by atoms with van der Waals surface area (Å²) >= 11 is 3.40. The van der Waals surface area contributed by atoms with E-state index in [0.717, 1.165) is 15.7 Å². The molecule has 5 nitrogen and oxygen atoms in total. The molecule has 3 rings (SSSR count). The zero-order valence-electron chi connectivity index (χ0n) is 11.7. The standard InChI is InChI=1S/C15H16BrN3O2/c1-10-9-19(6-7-21-10)15(20)14-8-13(17-18-14)11-2-4-12(16)5-3-11/h2-5,8,10H,6-7,9H2,1H3,(H,17,18). The van der Waals surface area contributed by atoms with Crippen LogP contribution in [0.5, 0.6) is 0 Å². The van der Waals surface area contributed by atoms with Gasteiger partial charge in [0.1, 0.15) is 5.69 Å². The number of amides is 1. The summed E-state index contributed by atoms with van der Waals surface area (Å²) in [6, 6.07) is 9.63. The van der Waals surface area contributed by atoms with Crippen molar-refractivity contribution in [2.75, 3.05) is 19.7 Å². The van der Waals surface area contributed by atoms with Crippen LogP contribution in [0.15, 0.2) is 34.8 Å². The van der Waals surface area contributed by atoms with E-state index in [9.17, 15) is 4.79 Å². The molecule has 1 aromatic carbocycles. The molecule has 1 N–H and O–H groups in total. The van der Waals surface area contributed by atoms with Crippen LogP contribution in [0.4, 0.5) is 0 Å². The summed E-state index contributed by atoms with van der Waals surface area (Å²) < 4.78 is 6.47. The number of H-pyrrole nitrogens is 1. The first-order valence-corrected chi connectivity index (χ1v) is 7.65. The summed E-state index contributed by atoms with van der Waals surface area (Å²) in [5.74, 6) is -0.0268. The molecule has 110 valence electrons. The maximum absolute atomic E-state index is 12.4. The Morgan fingerprint density at radius 3 is 2.90 bits per heavy atom. The summed E-state index contributed by atoms with van der Waals surface area (Å²) in [7, 11) is 0. The van der Waals surface area contributed by atoms with Gasteiger partial charge in [-0.15, -0.1) is 0 Å². The number of hydrogen-bond donors (Lipinski definition) is 1. The molecular weight excluding hydrogens is 334 g/mol. The van der Waals surface area contributed by atoms with Gasteiger partial charge < -0.3 is 9.64 Å². The Bertz CT molecular complexity index is 639. The fourth-order valence-electron chi connectivity index (χ4n) is 2.37. The second kappa shape index (κ2) is 5.99. The van der Waals surface area contributed by atoms with Gasteiger partial charge in [-0.3, -0.25) is 9.89 Å². The van der Waals surface area contributed by atoms with Crippen LogP contribution in [-0.2, 0) is 4.74 Å². The summed E-state index contributed by atoms with van der Waals surface area (Å²) in [6.45, 7) is 3.79. The van der Waals surface area contributed by atoms with E-state index >= 15 is 0 Å². The highest BCUT2D eigenvalue weighted by Gasteiger charge is 2.23. The van der Waals surface area contributed by atoms with Crippen molar-refractivity contribution < 1.29 is 9.53 Å². The van der Waals surface area contributed by atoms with Crippen molar-refractivity contribution in [1.29, 1.82) is 0 Å². The van der Waals surface area contributed by atoms with E-state index in [4.69, 9.17) is 4.74 Å². The van der Waals surface area contributed by atoms with E-state index in [-0.39, 0.29) is 12.0 Å². The van der Waals surface area contributed by atoms with Crippen LogP contribution >= 0.6 is 15.9 Å². The molecule has 21 heavy (non-hydrogen) atoms. The molecule has 1 amide bonds. The Morgan fingerprint density at radius 2 is 2.19 bits per heavy atom. The van der Waals surface area contributed by atoms with Crippen molar-refractivity contribution in [2.24, 2.45) is 0 Å². The van der Waals surface area contributed by atoms with E-state index < -0.39 is 0 Å². The minimum absolute atomic E-state index is 0.0268. The van der Waals surface area contributed by atoms with Crippen LogP contribution in [0.1, 0.15) is 17.4 Å². The highest BCUT2D eigenvalue weighted by atomic mass is 79.9. The van der Waals surface area contributed by atoms with Gasteiger partial charge in [0, 0.05) is 23.1 Å². The fraction of sp³-hybridized carbons (Fsp3) is 0.333. The zero-order chi connectivity index (χ0) is 14.8. The minimum Gasteiger partial charge on any atom is -0.375 e. The highest BCUT2D eigenvalue weighted by Crippen LogP contribution is 2.21.